The van der Waals surface area contributed by atoms with Crippen molar-refractivity contribution in [2.24, 2.45) is 0 Å². The van der Waals surface area contributed by atoms with Gasteiger partial charge in [-0.3, -0.25) is 4.90 Å². The van der Waals surface area contributed by atoms with Gasteiger partial charge in [0.15, 0.2) is 12.0 Å². The van der Waals surface area contributed by atoms with E-state index in [0.29, 0.717) is 73.5 Å². The molecule has 0 spiro atoms. The Hall–Kier alpha value is -3.40. The lowest BCUT2D eigenvalue weighted by Gasteiger charge is -2.36. The van der Waals surface area contributed by atoms with Gasteiger partial charge in [-0.2, -0.15) is 20.1 Å². The number of hydrogen-bond acceptors (Lipinski definition) is 12. The molecule has 1 aromatic carbocycles. The largest absolute Gasteiger partial charge is 0.456 e. The first-order chi connectivity index (χ1) is 24.4. The van der Waals surface area contributed by atoms with Crippen LogP contribution < -0.4 is 14.4 Å². The summed E-state index contributed by atoms with van der Waals surface area (Å²) in [5, 5.41) is 6.45. The number of rotatable bonds is 7. The third kappa shape index (κ3) is 7.58. The SMILES string of the molecule is CO[C@@H]1CN(C)C[C@H]1Oc1nc(N2CCN(C(=O)OC(C)(C)C)CC2)c2cc(Cl)nc(Oc3c(Cl)c(Cl)cc4c3cnn4C3CCCCO3)c2n1. The van der Waals surface area contributed by atoms with Crippen LogP contribution in [-0.4, -0.2) is 118 Å². The average molecular weight is 764 g/mol. The van der Waals surface area contributed by atoms with Crippen LogP contribution >= 0.6 is 34.8 Å². The maximum absolute atomic E-state index is 12.8. The number of carbonyl (C=O) groups excluding carboxylic acids is 1. The number of aromatic nitrogens is 5. The number of benzene rings is 1. The molecule has 3 saturated heterocycles. The molecular formula is C34H41Cl3N8O6. The molecule has 6 heterocycles. The van der Waals surface area contributed by atoms with Gasteiger partial charge in [0.2, 0.25) is 5.88 Å². The van der Waals surface area contributed by atoms with Gasteiger partial charge < -0.3 is 33.5 Å². The molecule has 0 bridgehead atoms. The Kier molecular flexibility index (Phi) is 10.3. The van der Waals surface area contributed by atoms with Crippen molar-refractivity contribution in [1.29, 1.82) is 0 Å². The van der Waals surface area contributed by atoms with Gasteiger partial charge in [-0.1, -0.05) is 34.8 Å². The van der Waals surface area contributed by atoms with Crippen LogP contribution in [0, 0.1) is 0 Å². The highest BCUT2D eigenvalue weighted by Crippen LogP contribution is 2.44. The quantitative estimate of drug-likeness (QED) is 0.188. The van der Waals surface area contributed by atoms with Crippen LogP contribution in [-0.2, 0) is 14.2 Å². The minimum absolute atomic E-state index is 0.0809. The third-order valence-corrected chi connectivity index (χ3v) is 10.1. The van der Waals surface area contributed by atoms with Crippen LogP contribution in [0.2, 0.25) is 15.2 Å². The first-order valence-electron chi connectivity index (χ1n) is 17.0. The van der Waals surface area contributed by atoms with Crippen molar-refractivity contribution >= 4 is 68.5 Å². The van der Waals surface area contributed by atoms with E-state index < -0.39 is 5.60 Å². The van der Waals surface area contributed by atoms with E-state index in [1.54, 1.807) is 35.0 Å². The molecule has 4 aromatic rings. The maximum Gasteiger partial charge on any atom is 0.410 e. The molecule has 3 fully saturated rings. The van der Waals surface area contributed by atoms with Crippen molar-refractivity contribution < 1.29 is 28.5 Å². The fourth-order valence-electron chi connectivity index (χ4n) is 6.67. The summed E-state index contributed by atoms with van der Waals surface area (Å²) < 4.78 is 32.1. The third-order valence-electron chi connectivity index (χ3n) is 9.15. The Labute approximate surface area is 310 Å². The minimum Gasteiger partial charge on any atom is -0.456 e. The number of piperazine rings is 1. The van der Waals surface area contributed by atoms with Gasteiger partial charge in [-0.25, -0.2) is 9.48 Å². The second-order valence-electron chi connectivity index (χ2n) is 14.0. The molecule has 0 saturated carbocycles. The van der Waals surface area contributed by atoms with Crippen molar-refractivity contribution in [3.8, 4) is 17.6 Å². The van der Waals surface area contributed by atoms with Crippen molar-refractivity contribution in [2.45, 2.75) is 64.1 Å². The molecule has 7 rings (SSSR count). The van der Waals surface area contributed by atoms with Crippen LogP contribution in [0.5, 0.6) is 17.6 Å². The lowest BCUT2D eigenvalue weighted by atomic mass is 10.2. The van der Waals surface area contributed by atoms with Crippen LogP contribution in [0.15, 0.2) is 18.3 Å². The van der Waals surface area contributed by atoms with E-state index in [4.69, 9.17) is 68.5 Å². The number of pyridine rings is 1. The molecular weight excluding hydrogens is 723 g/mol. The van der Waals surface area contributed by atoms with Gasteiger partial charge in [0, 0.05) is 53.0 Å². The molecule has 0 aliphatic carbocycles. The topological polar surface area (TPSA) is 129 Å². The summed E-state index contributed by atoms with van der Waals surface area (Å²) in [4.78, 5) is 33.0. The van der Waals surface area contributed by atoms with E-state index in [2.05, 4.69) is 19.9 Å². The Bertz CT molecular complexity index is 1930. The number of halogens is 3. The number of likely N-dealkylation sites (N-methyl/N-ethyl adjacent to an activating group) is 1. The Balaban J connectivity index is 1.29. The number of anilines is 1. The smallest absolute Gasteiger partial charge is 0.410 e. The molecule has 14 nitrogen and oxygen atoms in total. The summed E-state index contributed by atoms with van der Waals surface area (Å²) in [6.45, 7) is 9.30. The highest BCUT2D eigenvalue weighted by Gasteiger charge is 2.35. The second kappa shape index (κ2) is 14.6. The van der Waals surface area contributed by atoms with Gasteiger partial charge in [0.1, 0.15) is 39.3 Å². The number of hydrogen-bond donors (Lipinski definition) is 0. The maximum atomic E-state index is 12.8. The first-order valence-corrected chi connectivity index (χ1v) is 18.2. The fraction of sp³-hybridized carbons (Fsp3) is 0.559. The predicted octanol–water partition coefficient (Wildman–Crippen LogP) is 6.59. The van der Waals surface area contributed by atoms with Gasteiger partial charge >= 0.3 is 12.1 Å². The highest BCUT2D eigenvalue weighted by atomic mass is 35.5. The second-order valence-corrected chi connectivity index (χ2v) is 15.2. The lowest BCUT2D eigenvalue weighted by molar-refractivity contribution is -0.0366. The Morgan fingerprint density at radius 3 is 2.45 bits per heavy atom. The molecule has 17 heteroatoms. The lowest BCUT2D eigenvalue weighted by Crippen LogP contribution is -2.50. The number of carbonyl (C=O) groups is 1. The van der Waals surface area contributed by atoms with E-state index in [1.165, 1.54) is 0 Å². The number of likely N-dealkylation sites (tertiary alicyclic amines) is 1. The standard InChI is InChI=1S/C34H41Cl3N8O6/c1-34(2,3)51-33(46)44-11-9-43(10-12-44)30-19-14-25(36)39-31(28(19)40-32(41-30)49-24-18-42(4)17-23(24)47-5)50-29-20-16-38-45(26-8-6-7-13-48-26)22(20)15-21(35)27(29)37/h14-16,23-24,26H,6-13,17-18H2,1-5H3/t23-,24-,26?/m1/s1. The molecule has 0 N–H and O–H groups in total. The molecule has 3 aromatic heterocycles. The summed E-state index contributed by atoms with van der Waals surface area (Å²) in [7, 11) is 3.66. The van der Waals surface area contributed by atoms with Crippen molar-refractivity contribution in [2.75, 3.05) is 64.9 Å². The molecule has 274 valence electrons. The molecule has 3 aliphatic heterocycles. The van der Waals surface area contributed by atoms with Crippen LogP contribution in [0.4, 0.5) is 10.6 Å². The first kappa shape index (κ1) is 36.0. The highest BCUT2D eigenvalue weighted by molar-refractivity contribution is 6.44. The summed E-state index contributed by atoms with van der Waals surface area (Å²) in [5.74, 6) is 0.887. The number of nitrogens with zero attached hydrogens (tertiary/aromatic N) is 8. The summed E-state index contributed by atoms with van der Waals surface area (Å²) in [6, 6.07) is 3.57. The zero-order chi connectivity index (χ0) is 36.0. The molecule has 3 atom stereocenters. The number of amides is 1. The van der Waals surface area contributed by atoms with Crippen molar-refractivity contribution in [1.82, 2.24) is 34.5 Å². The van der Waals surface area contributed by atoms with Gasteiger partial charge in [-0.05, 0) is 59.2 Å². The van der Waals surface area contributed by atoms with Gasteiger partial charge in [0.25, 0.3) is 0 Å². The van der Waals surface area contributed by atoms with Crippen LogP contribution in [0.1, 0.15) is 46.3 Å². The van der Waals surface area contributed by atoms with Crippen LogP contribution in [0.25, 0.3) is 21.8 Å². The molecule has 1 unspecified atom stereocenters. The Morgan fingerprint density at radius 2 is 1.75 bits per heavy atom. The molecule has 51 heavy (non-hydrogen) atoms. The van der Waals surface area contributed by atoms with Gasteiger partial charge in [-0.15, -0.1) is 0 Å². The fourth-order valence-corrected chi connectivity index (χ4v) is 7.24. The van der Waals surface area contributed by atoms with Gasteiger partial charge in [0.05, 0.1) is 27.5 Å². The minimum atomic E-state index is -0.600. The molecule has 1 amide bonds. The van der Waals surface area contributed by atoms with E-state index in [-0.39, 0.29) is 57.4 Å². The van der Waals surface area contributed by atoms with E-state index >= 15 is 0 Å². The average Bonchev–Trinajstić information content (AvgIpc) is 3.68. The van der Waals surface area contributed by atoms with Crippen molar-refractivity contribution in [3.05, 3.63) is 33.5 Å². The van der Waals surface area contributed by atoms with Crippen molar-refractivity contribution in [3.63, 3.8) is 0 Å². The number of ether oxygens (including phenoxy) is 5. The van der Waals surface area contributed by atoms with Crippen LogP contribution in [0.3, 0.4) is 0 Å². The van der Waals surface area contributed by atoms with E-state index in [1.807, 2.05) is 27.8 Å². The summed E-state index contributed by atoms with van der Waals surface area (Å²) in [6.07, 6.45) is 3.43. The Morgan fingerprint density at radius 1 is 0.980 bits per heavy atom. The zero-order valence-electron chi connectivity index (χ0n) is 29.2. The molecule has 3 aliphatic rings. The summed E-state index contributed by atoms with van der Waals surface area (Å²) >= 11 is 20.2. The molecule has 0 radical (unpaired) electrons. The summed E-state index contributed by atoms with van der Waals surface area (Å²) in [5.41, 5.74) is 0.453. The van der Waals surface area contributed by atoms with E-state index in [9.17, 15) is 4.79 Å². The monoisotopic (exact) mass is 762 g/mol. The normalized spacial score (nSPS) is 21.8. The number of fused-ring (bicyclic) bond motifs is 2. The number of methoxy groups -OCH3 is 1. The zero-order valence-corrected chi connectivity index (χ0v) is 31.5. The predicted molar refractivity (Wildman–Crippen MR) is 194 cm³/mol. The van der Waals surface area contributed by atoms with E-state index in [0.717, 1.165) is 19.3 Å².